The van der Waals surface area contributed by atoms with Crippen LogP contribution in [0.15, 0.2) is 0 Å². The van der Waals surface area contributed by atoms with E-state index in [1.54, 1.807) is 6.92 Å². The second-order valence-corrected chi connectivity index (χ2v) is 5.21. The molecular weight excluding hydrogens is 262 g/mol. The molecule has 0 aromatic heterocycles. The summed E-state index contributed by atoms with van der Waals surface area (Å²) in [5.41, 5.74) is 4.55. The minimum atomic E-state index is -0.665. The van der Waals surface area contributed by atoms with Crippen LogP contribution in [-0.2, 0) is 14.3 Å². The second-order valence-electron chi connectivity index (χ2n) is 5.21. The third kappa shape index (κ3) is 3.85. The van der Waals surface area contributed by atoms with Crippen molar-refractivity contribution in [2.24, 2.45) is 11.8 Å². The topological polar surface area (TPSA) is 87.7 Å². The molecule has 7 nitrogen and oxygen atoms in total. The van der Waals surface area contributed by atoms with E-state index < -0.39 is 6.09 Å². The molecule has 0 aromatic carbocycles. The molecule has 2 rings (SSSR count). The maximum absolute atomic E-state index is 11.9. The molecule has 0 spiro atoms. The van der Waals surface area contributed by atoms with Crippen molar-refractivity contribution in [2.45, 2.75) is 32.6 Å². The van der Waals surface area contributed by atoms with Crippen molar-refractivity contribution in [3.63, 3.8) is 0 Å². The molecule has 2 N–H and O–H groups in total. The third-order valence-corrected chi connectivity index (χ3v) is 3.67. The molecule has 2 aliphatic rings. The minimum absolute atomic E-state index is 0.167. The Kier molecular flexibility index (Phi) is 4.81. The molecular formula is C13H21N3O4. The van der Waals surface area contributed by atoms with E-state index in [4.69, 9.17) is 0 Å². The van der Waals surface area contributed by atoms with Crippen molar-refractivity contribution < 1.29 is 19.1 Å². The van der Waals surface area contributed by atoms with Crippen molar-refractivity contribution in [3.05, 3.63) is 0 Å². The molecule has 1 aliphatic heterocycles. The summed E-state index contributed by atoms with van der Waals surface area (Å²) in [6.45, 7) is 3.18. The van der Waals surface area contributed by atoms with Crippen LogP contribution in [0.5, 0.6) is 0 Å². The number of hydrogen-bond donors (Lipinski definition) is 2. The summed E-state index contributed by atoms with van der Waals surface area (Å²) in [4.78, 5) is 36.6. The molecule has 1 aliphatic carbocycles. The van der Waals surface area contributed by atoms with Crippen LogP contribution in [0.1, 0.15) is 32.6 Å². The number of piperidine rings is 1. The maximum atomic E-state index is 11.9. The van der Waals surface area contributed by atoms with Crippen LogP contribution >= 0.6 is 0 Å². The Morgan fingerprint density at radius 1 is 1.05 bits per heavy atom. The molecule has 0 unspecified atom stereocenters. The van der Waals surface area contributed by atoms with Gasteiger partial charge in [0.25, 0.3) is 0 Å². The Labute approximate surface area is 118 Å². The van der Waals surface area contributed by atoms with Gasteiger partial charge >= 0.3 is 6.09 Å². The van der Waals surface area contributed by atoms with E-state index in [2.05, 4.69) is 15.6 Å². The molecule has 0 atom stereocenters. The molecule has 2 fully saturated rings. The fourth-order valence-electron chi connectivity index (χ4n) is 2.33. The van der Waals surface area contributed by atoms with Gasteiger partial charge in [-0.3, -0.25) is 15.0 Å². The van der Waals surface area contributed by atoms with Crippen LogP contribution in [0, 0.1) is 11.8 Å². The van der Waals surface area contributed by atoms with Crippen molar-refractivity contribution in [1.82, 2.24) is 15.8 Å². The molecule has 3 amide bonds. The van der Waals surface area contributed by atoms with Crippen LogP contribution < -0.4 is 10.9 Å². The predicted octanol–water partition coefficient (Wildman–Crippen LogP) is 0.412. The van der Waals surface area contributed by atoms with Crippen LogP contribution in [0.2, 0.25) is 0 Å². The quantitative estimate of drug-likeness (QED) is 0.734. The summed E-state index contributed by atoms with van der Waals surface area (Å²) in [5, 5.41) is 0. The molecule has 112 valence electrons. The highest BCUT2D eigenvalue weighted by molar-refractivity contribution is 5.83. The van der Waals surface area contributed by atoms with E-state index >= 15 is 0 Å². The van der Waals surface area contributed by atoms with Gasteiger partial charge < -0.3 is 9.64 Å². The van der Waals surface area contributed by atoms with Gasteiger partial charge in [-0.2, -0.15) is 0 Å². The van der Waals surface area contributed by atoms with E-state index in [1.165, 1.54) is 0 Å². The first-order chi connectivity index (χ1) is 9.61. The summed E-state index contributed by atoms with van der Waals surface area (Å²) < 4.78 is 4.64. The first-order valence-corrected chi connectivity index (χ1v) is 7.13. The van der Waals surface area contributed by atoms with Crippen molar-refractivity contribution in [1.29, 1.82) is 0 Å². The molecule has 0 aromatic rings. The van der Waals surface area contributed by atoms with Crippen LogP contribution in [0.3, 0.4) is 0 Å². The Bertz CT molecular complexity index is 387. The Balaban J connectivity index is 1.68. The van der Waals surface area contributed by atoms with E-state index in [9.17, 15) is 14.4 Å². The largest absolute Gasteiger partial charge is 0.449 e. The van der Waals surface area contributed by atoms with E-state index in [1.807, 2.05) is 4.90 Å². The lowest BCUT2D eigenvalue weighted by atomic mass is 9.96. The average Bonchev–Trinajstić information content (AvgIpc) is 3.29. The van der Waals surface area contributed by atoms with Gasteiger partial charge in [0.15, 0.2) is 0 Å². The van der Waals surface area contributed by atoms with Crippen molar-refractivity contribution >= 4 is 17.9 Å². The highest BCUT2D eigenvalue weighted by Crippen LogP contribution is 2.32. The number of carbonyl (C=O) groups excluding carboxylic acids is 3. The fourth-order valence-corrected chi connectivity index (χ4v) is 2.33. The van der Waals surface area contributed by atoms with Gasteiger partial charge in [0.2, 0.25) is 11.8 Å². The van der Waals surface area contributed by atoms with Gasteiger partial charge in [-0.1, -0.05) is 0 Å². The van der Waals surface area contributed by atoms with Crippen LogP contribution in [-0.4, -0.2) is 42.5 Å². The predicted molar refractivity (Wildman–Crippen MR) is 70.3 cm³/mol. The standard InChI is InChI=1S/C13H21N3O4/c1-2-20-13(19)15-14-11(17)9-5-7-16(8-6-9)12(18)10-3-4-10/h9-10H,2-8H2,1H3,(H,14,17)(H,15,19). The molecule has 1 saturated heterocycles. The zero-order valence-corrected chi connectivity index (χ0v) is 11.7. The normalized spacial score (nSPS) is 19.4. The van der Waals surface area contributed by atoms with Crippen molar-refractivity contribution in [3.8, 4) is 0 Å². The first-order valence-electron chi connectivity index (χ1n) is 7.13. The lowest BCUT2D eigenvalue weighted by molar-refractivity contribution is -0.136. The number of rotatable bonds is 3. The molecule has 0 radical (unpaired) electrons. The second kappa shape index (κ2) is 6.58. The molecule has 7 heteroatoms. The number of hydrogen-bond acceptors (Lipinski definition) is 4. The molecule has 1 saturated carbocycles. The van der Waals surface area contributed by atoms with Gasteiger partial charge in [-0.25, -0.2) is 10.2 Å². The van der Waals surface area contributed by atoms with E-state index in [-0.39, 0.29) is 30.3 Å². The number of carbonyl (C=O) groups is 3. The number of hydrazine groups is 1. The lowest BCUT2D eigenvalue weighted by Gasteiger charge is -2.31. The summed E-state index contributed by atoms with van der Waals surface area (Å²) in [6.07, 6.45) is 2.61. The van der Waals surface area contributed by atoms with Gasteiger partial charge in [-0.05, 0) is 32.6 Å². The van der Waals surface area contributed by atoms with Gasteiger partial charge in [-0.15, -0.1) is 0 Å². The lowest BCUT2D eigenvalue weighted by Crippen LogP contribution is -2.48. The van der Waals surface area contributed by atoms with E-state index in [0.717, 1.165) is 12.8 Å². The van der Waals surface area contributed by atoms with Gasteiger partial charge in [0.1, 0.15) is 0 Å². The SMILES string of the molecule is CCOC(=O)NNC(=O)C1CCN(C(=O)C2CC2)CC1. The molecule has 1 heterocycles. The summed E-state index contributed by atoms with van der Waals surface area (Å²) in [6, 6.07) is 0. The van der Waals surface area contributed by atoms with Crippen molar-refractivity contribution in [2.75, 3.05) is 19.7 Å². The fraction of sp³-hybridized carbons (Fsp3) is 0.769. The first kappa shape index (κ1) is 14.6. The zero-order valence-electron chi connectivity index (χ0n) is 11.7. The number of nitrogens with zero attached hydrogens (tertiary/aromatic N) is 1. The van der Waals surface area contributed by atoms with E-state index in [0.29, 0.717) is 25.9 Å². The summed E-state index contributed by atoms with van der Waals surface area (Å²) >= 11 is 0. The monoisotopic (exact) mass is 283 g/mol. The summed E-state index contributed by atoms with van der Waals surface area (Å²) in [7, 11) is 0. The highest BCUT2D eigenvalue weighted by atomic mass is 16.5. The highest BCUT2D eigenvalue weighted by Gasteiger charge is 2.35. The van der Waals surface area contributed by atoms with Gasteiger partial charge in [0, 0.05) is 24.9 Å². The smallest absolute Gasteiger partial charge is 0.426 e. The maximum Gasteiger partial charge on any atom is 0.426 e. The number of nitrogens with one attached hydrogen (secondary N) is 2. The average molecular weight is 283 g/mol. The third-order valence-electron chi connectivity index (χ3n) is 3.67. The number of amides is 3. The van der Waals surface area contributed by atoms with Crippen LogP contribution in [0.25, 0.3) is 0 Å². The zero-order chi connectivity index (χ0) is 14.5. The molecule has 0 bridgehead atoms. The Hall–Kier alpha value is -1.79. The number of likely N-dealkylation sites (tertiary alicyclic amines) is 1. The molecule has 20 heavy (non-hydrogen) atoms. The number of ether oxygens (including phenoxy) is 1. The minimum Gasteiger partial charge on any atom is -0.449 e. The van der Waals surface area contributed by atoms with Gasteiger partial charge in [0.05, 0.1) is 6.61 Å². The Morgan fingerprint density at radius 3 is 2.25 bits per heavy atom. The summed E-state index contributed by atoms with van der Waals surface area (Å²) in [5.74, 6) is 0.0658. The Morgan fingerprint density at radius 2 is 1.70 bits per heavy atom. The van der Waals surface area contributed by atoms with Crippen LogP contribution in [0.4, 0.5) is 4.79 Å².